The van der Waals surface area contributed by atoms with Gasteiger partial charge in [0.15, 0.2) is 5.75 Å². The number of anilines is 1. The summed E-state index contributed by atoms with van der Waals surface area (Å²) >= 11 is 0. The molecule has 0 atom stereocenters. The summed E-state index contributed by atoms with van der Waals surface area (Å²) in [7, 11) is 1.78. The van der Waals surface area contributed by atoms with E-state index in [1.54, 1.807) is 7.05 Å². The summed E-state index contributed by atoms with van der Waals surface area (Å²) in [5, 5.41) is 14.8. The Labute approximate surface area is 86.7 Å². The molecule has 2 heterocycles. The van der Waals surface area contributed by atoms with Gasteiger partial charge in [0, 0.05) is 25.0 Å². The van der Waals surface area contributed by atoms with Crippen LogP contribution in [0.2, 0.25) is 0 Å². The second kappa shape index (κ2) is 2.82. The Hall–Kier alpha value is -1.84. The lowest BCUT2D eigenvalue weighted by atomic mass is 10.1. The Morgan fingerprint density at radius 3 is 3.13 bits per heavy atom. The number of hydrogen-bond donors (Lipinski definition) is 2. The summed E-state index contributed by atoms with van der Waals surface area (Å²) in [6, 6.07) is 1.88. The van der Waals surface area contributed by atoms with Gasteiger partial charge in [-0.05, 0) is 18.1 Å². The molecule has 0 unspecified atom stereocenters. The Morgan fingerprint density at radius 2 is 2.33 bits per heavy atom. The summed E-state index contributed by atoms with van der Waals surface area (Å²) in [5.74, 6) is 0.222. The summed E-state index contributed by atoms with van der Waals surface area (Å²) < 4.78 is 0. The van der Waals surface area contributed by atoms with Crippen molar-refractivity contribution >= 4 is 23.2 Å². The van der Waals surface area contributed by atoms with E-state index in [1.165, 1.54) is 5.57 Å². The normalized spacial score (nSPS) is 16.2. The Bertz CT molecular complexity index is 587. The monoisotopic (exact) mass is 201 g/mol. The van der Waals surface area contributed by atoms with E-state index in [0.29, 0.717) is 11.4 Å². The Balaban J connectivity index is 2.50. The van der Waals surface area contributed by atoms with Gasteiger partial charge in [0.1, 0.15) is 5.69 Å². The molecule has 0 amide bonds. The number of phenols is 1. The third kappa shape index (κ3) is 1.02. The van der Waals surface area contributed by atoms with Crippen LogP contribution >= 0.6 is 0 Å². The van der Waals surface area contributed by atoms with Crippen LogP contribution in [0.1, 0.15) is 6.42 Å². The lowest BCUT2D eigenvalue weighted by molar-refractivity contribution is 0.478. The number of phenolic OH excluding ortho intramolecular Hbond substituents is 1. The molecule has 0 saturated carbocycles. The highest BCUT2D eigenvalue weighted by Crippen LogP contribution is 2.32. The summed E-state index contributed by atoms with van der Waals surface area (Å²) in [6.45, 7) is 0.807. The topological polar surface area (TPSA) is 57.0 Å². The van der Waals surface area contributed by atoms with Crippen LogP contribution < -0.4 is 15.9 Å². The number of hydrogen-bond acceptors (Lipinski definition) is 4. The number of nitrogens with one attached hydrogen (secondary N) is 1. The number of aromatic hydroxyl groups is 1. The van der Waals surface area contributed by atoms with Gasteiger partial charge in [-0.2, -0.15) is 0 Å². The average molecular weight is 201 g/mol. The molecule has 4 heteroatoms. The molecular weight excluding hydrogens is 190 g/mol. The fourth-order valence-electron chi connectivity index (χ4n) is 2.10. The van der Waals surface area contributed by atoms with E-state index < -0.39 is 0 Å². The standard InChI is InChI=1S/C11H11N3O/c1-12-8-4-7-9-6(2-3-13-7)5-14-10(9)11(8)15/h4-5,12,15H,2-3H2,1H3. The minimum Gasteiger partial charge on any atom is -0.504 e. The minimum absolute atomic E-state index is 0.222. The first kappa shape index (κ1) is 8.47. The van der Waals surface area contributed by atoms with E-state index in [1.807, 2.05) is 12.3 Å². The number of aliphatic imine (C=N–C) groups is 1. The molecule has 0 saturated heterocycles. The van der Waals surface area contributed by atoms with Gasteiger partial charge in [0.25, 0.3) is 0 Å². The molecule has 15 heavy (non-hydrogen) atoms. The van der Waals surface area contributed by atoms with Crippen molar-refractivity contribution < 1.29 is 5.11 Å². The first-order valence-corrected chi connectivity index (χ1v) is 4.96. The molecule has 76 valence electrons. The van der Waals surface area contributed by atoms with Crippen molar-refractivity contribution in [3.63, 3.8) is 0 Å². The van der Waals surface area contributed by atoms with Crippen LogP contribution in [-0.4, -0.2) is 24.9 Å². The van der Waals surface area contributed by atoms with Crippen LogP contribution in [0.15, 0.2) is 16.1 Å². The van der Waals surface area contributed by atoms with Crippen molar-refractivity contribution in [3.8, 4) is 5.75 Å². The number of benzene rings is 1. The van der Waals surface area contributed by atoms with Crippen molar-refractivity contribution in [1.29, 1.82) is 0 Å². The molecule has 0 bridgehead atoms. The maximum absolute atomic E-state index is 9.94. The summed E-state index contributed by atoms with van der Waals surface area (Å²) in [4.78, 5) is 8.69. The smallest absolute Gasteiger partial charge is 0.165 e. The highest BCUT2D eigenvalue weighted by molar-refractivity contribution is 6.08. The van der Waals surface area contributed by atoms with E-state index in [4.69, 9.17) is 0 Å². The van der Waals surface area contributed by atoms with Gasteiger partial charge in [0.05, 0.1) is 11.0 Å². The predicted molar refractivity (Wildman–Crippen MR) is 59.5 cm³/mol. The molecule has 2 N–H and O–H groups in total. The van der Waals surface area contributed by atoms with Crippen molar-refractivity contribution in [3.05, 3.63) is 16.6 Å². The van der Waals surface area contributed by atoms with Crippen LogP contribution in [-0.2, 0) is 0 Å². The zero-order valence-electron chi connectivity index (χ0n) is 8.41. The van der Waals surface area contributed by atoms with Crippen molar-refractivity contribution in [2.45, 2.75) is 6.42 Å². The molecule has 0 spiro atoms. The second-order valence-electron chi connectivity index (χ2n) is 3.68. The quantitative estimate of drug-likeness (QED) is 0.643. The summed E-state index contributed by atoms with van der Waals surface area (Å²) in [5.41, 5.74) is 2.54. The van der Waals surface area contributed by atoms with Crippen LogP contribution in [0.4, 0.5) is 11.4 Å². The number of rotatable bonds is 1. The van der Waals surface area contributed by atoms with Gasteiger partial charge in [-0.3, -0.25) is 9.98 Å². The zero-order valence-corrected chi connectivity index (χ0v) is 8.41. The SMILES string of the molecule is CNc1cc2c3c(c1O)N=CC=3CCN=2. The molecular formula is C11H11N3O. The largest absolute Gasteiger partial charge is 0.504 e. The molecule has 0 aliphatic carbocycles. The molecule has 3 rings (SSSR count). The van der Waals surface area contributed by atoms with Crippen LogP contribution in [0.5, 0.6) is 5.75 Å². The minimum atomic E-state index is 0.222. The summed E-state index contributed by atoms with van der Waals surface area (Å²) in [6.07, 6.45) is 2.75. The third-order valence-corrected chi connectivity index (χ3v) is 2.86. The Kier molecular flexibility index (Phi) is 1.59. The highest BCUT2D eigenvalue weighted by Gasteiger charge is 2.18. The average Bonchev–Trinajstić information content (AvgIpc) is 2.69. The van der Waals surface area contributed by atoms with E-state index in [2.05, 4.69) is 15.3 Å². The molecule has 0 fully saturated rings. The molecule has 0 radical (unpaired) electrons. The van der Waals surface area contributed by atoms with E-state index >= 15 is 0 Å². The molecule has 0 aromatic heterocycles. The first-order valence-electron chi connectivity index (χ1n) is 4.96. The maximum Gasteiger partial charge on any atom is 0.165 e. The van der Waals surface area contributed by atoms with Crippen molar-refractivity contribution in [2.24, 2.45) is 9.98 Å². The van der Waals surface area contributed by atoms with Crippen molar-refractivity contribution in [2.75, 3.05) is 18.9 Å². The second-order valence-corrected chi connectivity index (χ2v) is 3.68. The van der Waals surface area contributed by atoms with Gasteiger partial charge < -0.3 is 10.4 Å². The number of nitrogens with zero attached hydrogens (tertiary/aromatic N) is 2. The lowest BCUT2D eigenvalue weighted by Gasteiger charge is -2.08. The van der Waals surface area contributed by atoms with Gasteiger partial charge in [-0.25, -0.2) is 0 Å². The van der Waals surface area contributed by atoms with E-state index in [-0.39, 0.29) is 5.75 Å². The van der Waals surface area contributed by atoms with E-state index in [9.17, 15) is 5.11 Å². The van der Waals surface area contributed by atoms with Gasteiger partial charge in [-0.1, -0.05) is 0 Å². The predicted octanol–water partition coefficient (Wildman–Crippen LogP) is 0.324. The van der Waals surface area contributed by atoms with Crippen molar-refractivity contribution in [1.82, 2.24) is 0 Å². The maximum atomic E-state index is 9.94. The molecule has 2 aliphatic heterocycles. The Morgan fingerprint density at radius 1 is 1.47 bits per heavy atom. The van der Waals surface area contributed by atoms with Crippen LogP contribution in [0.3, 0.4) is 0 Å². The lowest BCUT2D eigenvalue weighted by Crippen LogP contribution is -2.30. The fourth-order valence-corrected chi connectivity index (χ4v) is 2.10. The molecule has 2 aliphatic rings. The van der Waals surface area contributed by atoms with Crippen LogP contribution in [0.25, 0.3) is 5.57 Å². The zero-order chi connectivity index (χ0) is 10.4. The first-order chi connectivity index (χ1) is 7.31. The van der Waals surface area contributed by atoms with Gasteiger partial charge in [0.2, 0.25) is 0 Å². The van der Waals surface area contributed by atoms with Gasteiger partial charge in [-0.15, -0.1) is 0 Å². The molecule has 1 aromatic carbocycles. The fraction of sp³-hybridized carbons (Fsp3) is 0.273. The third-order valence-electron chi connectivity index (χ3n) is 2.86. The molecule has 4 nitrogen and oxygen atoms in total. The molecule has 1 aromatic rings. The highest BCUT2D eigenvalue weighted by atomic mass is 16.3. The van der Waals surface area contributed by atoms with Gasteiger partial charge >= 0.3 is 0 Å². The van der Waals surface area contributed by atoms with Crippen LogP contribution in [0, 0.1) is 0 Å². The van der Waals surface area contributed by atoms with E-state index in [0.717, 1.165) is 23.5 Å².